The van der Waals surface area contributed by atoms with Crippen LogP contribution in [0.4, 0.5) is 11.4 Å². The van der Waals surface area contributed by atoms with E-state index >= 15 is 0 Å². The van der Waals surface area contributed by atoms with Crippen LogP contribution in [0, 0.1) is 0 Å². The number of nitrogens with one attached hydrogen (secondary N) is 2. The zero-order valence-corrected chi connectivity index (χ0v) is 15.6. The number of ketones is 1. The normalized spacial score (nSPS) is 13.5. The first-order chi connectivity index (χ1) is 13.0. The molecule has 3 rings (SSSR count). The highest BCUT2D eigenvalue weighted by molar-refractivity contribution is 6.05. The first-order valence-electron chi connectivity index (χ1n) is 8.65. The van der Waals surface area contributed by atoms with Gasteiger partial charge in [-0.15, -0.1) is 0 Å². The summed E-state index contributed by atoms with van der Waals surface area (Å²) in [4.78, 5) is 24.3. The summed E-state index contributed by atoms with van der Waals surface area (Å²) in [6, 6.07) is 12.3. The third-order valence-electron chi connectivity index (χ3n) is 4.55. The number of methoxy groups -OCH3 is 2. The molecule has 6 heteroatoms. The average molecular weight is 366 g/mol. The van der Waals surface area contributed by atoms with E-state index in [2.05, 4.69) is 10.6 Å². The molecule has 0 fully saturated rings. The number of amides is 1. The van der Waals surface area contributed by atoms with Crippen molar-refractivity contribution in [1.82, 2.24) is 0 Å². The highest BCUT2D eigenvalue weighted by atomic mass is 16.5. The quantitative estimate of drug-likeness (QED) is 0.808. The van der Waals surface area contributed by atoms with Gasteiger partial charge < -0.3 is 20.1 Å². The Balaban J connectivity index is 1.79. The van der Waals surface area contributed by atoms with Gasteiger partial charge in [-0.2, -0.15) is 0 Å². The van der Waals surface area contributed by atoms with E-state index in [1.54, 1.807) is 50.6 Å². The lowest BCUT2D eigenvalue weighted by Crippen LogP contribution is -2.12. The van der Waals surface area contributed by atoms with E-state index in [1.165, 1.54) is 0 Å². The zero-order valence-electron chi connectivity index (χ0n) is 15.6. The van der Waals surface area contributed by atoms with Gasteiger partial charge in [-0.05, 0) is 43.7 Å². The number of rotatable bonds is 6. The molecule has 2 aromatic rings. The predicted octanol–water partition coefficient (Wildman–Crippen LogP) is 4.00. The molecular formula is C21H22N2O4. The Morgan fingerprint density at radius 2 is 1.85 bits per heavy atom. The maximum absolute atomic E-state index is 12.6. The second kappa shape index (κ2) is 7.95. The molecule has 0 radical (unpaired) electrons. The maximum Gasteiger partial charge on any atom is 0.255 e. The summed E-state index contributed by atoms with van der Waals surface area (Å²) in [5, 5.41) is 6.10. The van der Waals surface area contributed by atoms with Gasteiger partial charge >= 0.3 is 0 Å². The van der Waals surface area contributed by atoms with Gasteiger partial charge in [0.25, 0.3) is 5.91 Å². The fourth-order valence-electron chi connectivity index (χ4n) is 2.94. The topological polar surface area (TPSA) is 76.7 Å². The van der Waals surface area contributed by atoms with Gasteiger partial charge in [0, 0.05) is 35.0 Å². The van der Waals surface area contributed by atoms with Gasteiger partial charge in [0.1, 0.15) is 11.5 Å². The monoisotopic (exact) mass is 366 g/mol. The molecule has 0 unspecified atom stereocenters. The molecule has 0 spiro atoms. The van der Waals surface area contributed by atoms with Gasteiger partial charge in [0.15, 0.2) is 5.78 Å². The Hall–Kier alpha value is -3.28. The van der Waals surface area contributed by atoms with Crippen molar-refractivity contribution < 1.29 is 19.1 Å². The molecule has 1 aliphatic rings. The second-order valence-electron chi connectivity index (χ2n) is 6.25. The Kier molecular flexibility index (Phi) is 5.45. The van der Waals surface area contributed by atoms with E-state index in [1.807, 2.05) is 13.0 Å². The zero-order chi connectivity index (χ0) is 19.4. The van der Waals surface area contributed by atoms with Crippen LogP contribution in [0.2, 0.25) is 0 Å². The van der Waals surface area contributed by atoms with Gasteiger partial charge in [-0.1, -0.05) is 6.07 Å². The Bertz CT molecular complexity index is 918. The number of Topliss-reactive ketones (excluding diaryl/α,β-unsaturated/α-hetero) is 1. The van der Waals surface area contributed by atoms with Crippen molar-refractivity contribution in [3.63, 3.8) is 0 Å². The van der Waals surface area contributed by atoms with Gasteiger partial charge in [0.05, 0.1) is 19.9 Å². The van der Waals surface area contributed by atoms with Gasteiger partial charge in [-0.25, -0.2) is 0 Å². The van der Waals surface area contributed by atoms with Crippen molar-refractivity contribution in [2.45, 2.75) is 19.8 Å². The highest BCUT2D eigenvalue weighted by Gasteiger charge is 2.20. The van der Waals surface area contributed by atoms with Gasteiger partial charge in [0.2, 0.25) is 0 Å². The van der Waals surface area contributed by atoms with Crippen LogP contribution in [-0.4, -0.2) is 25.9 Å². The molecule has 140 valence electrons. The molecule has 0 aromatic heterocycles. The molecule has 0 saturated carbocycles. The molecule has 6 nitrogen and oxygen atoms in total. The minimum atomic E-state index is -0.250. The average Bonchev–Trinajstić information content (AvgIpc) is 3.00. The second-order valence-corrected chi connectivity index (χ2v) is 6.25. The standard InChI is InChI=1S/C21H22N2O4/c1-13-17(9-10-19(13)24)23-18-8-7-14(11-20(18)27-3)21(25)22-15-5-4-6-16(12-15)26-2/h4-8,11-12,23H,9-10H2,1-3H3,(H,22,25). The third kappa shape index (κ3) is 4.11. The number of carbonyl (C=O) groups excluding carboxylic acids is 2. The van der Waals surface area contributed by atoms with E-state index < -0.39 is 0 Å². The lowest BCUT2D eigenvalue weighted by Gasteiger charge is -2.14. The number of benzene rings is 2. The molecule has 2 aromatic carbocycles. The summed E-state index contributed by atoms with van der Waals surface area (Å²) in [5.74, 6) is 1.11. The minimum absolute atomic E-state index is 0.158. The molecule has 2 N–H and O–H groups in total. The molecule has 0 heterocycles. The Labute approximate surface area is 158 Å². The van der Waals surface area contributed by atoms with Crippen LogP contribution in [0.25, 0.3) is 0 Å². The molecule has 0 saturated heterocycles. The maximum atomic E-state index is 12.6. The number of ether oxygens (including phenoxy) is 2. The number of carbonyl (C=O) groups is 2. The Morgan fingerprint density at radius 1 is 1.04 bits per heavy atom. The molecule has 0 bridgehead atoms. The molecule has 0 atom stereocenters. The van der Waals surface area contributed by atoms with Gasteiger partial charge in [-0.3, -0.25) is 9.59 Å². The summed E-state index contributed by atoms with van der Waals surface area (Å²) in [7, 11) is 3.12. The van der Waals surface area contributed by atoms with Crippen molar-refractivity contribution >= 4 is 23.1 Å². The lowest BCUT2D eigenvalue weighted by atomic mass is 10.1. The minimum Gasteiger partial charge on any atom is -0.497 e. The third-order valence-corrected chi connectivity index (χ3v) is 4.55. The molecule has 1 amide bonds. The summed E-state index contributed by atoms with van der Waals surface area (Å²) in [6.07, 6.45) is 1.21. The predicted molar refractivity (Wildman–Crippen MR) is 105 cm³/mol. The summed E-state index contributed by atoms with van der Waals surface area (Å²) < 4.78 is 10.6. The summed E-state index contributed by atoms with van der Waals surface area (Å²) in [6.45, 7) is 1.82. The lowest BCUT2D eigenvalue weighted by molar-refractivity contribution is -0.114. The molecule has 1 aliphatic carbocycles. The van der Waals surface area contributed by atoms with E-state index in [-0.39, 0.29) is 11.7 Å². The first kappa shape index (κ1) is 18.5. The summed E-state index contributed by atoms with van der Waals surface area (Å²) in [5.41, 5.74) is 3.47. The van der Waals surface area contributed by atoms with Crippen molar-refractivity contribution in [1.29, 1.82) is 0 Å². The highest BCUT2D eigenvalue weighted by Crippen LogP contribution is 2.31. The summed E-state index contributed by atoms with van der Waals surface area (Å²) >= 11 is 0. The van der Waals surface area contributed by atoms with Crippen LogP contribution >= 0.6 is 0 Å². The number of hydrogen-bond acceptors (Lipinski definition) is 5. The van der Waals surface area contributed by atoms with Crippen molar-refractivity contribution in [3.05, 3.63) is 59.3 Å². The van der Waals surface area contributed by atoms with Crippen LogP contribution in [0.15, 0.2) is 53.7 Å². The van der Waals surface area contributed by atoms with Crippen molar-refractivity contribution in [3.8, 4) is 11.5 Å². The number of anilines is 2. The smallest absolute Gasteiger partial charge is 0.255 e. The van der Waals surface area contributed by atoms with E-state index in [0.717, 1.165) is 17.0 Å². The van der Waals surface area contributed by atoms with Crippen LogP contribution in [0.1, 0.15) is 30.1 Å². The van der Waals surface area contributed by atoms with Crippen LogP contribution in [0.3, 0.4) is 0 Å². The van der Waals surface area contributed by atoms with E-state index in [4.69, 9.17) is 9.47 Å². The van der Waals surface area contributed by atoms with Crippen molar-refractivity contribution in [2.24, 2.45) is 0 Å². The van der Waals surface area contributed by atoms with E-state index in [0.29, 0.717) is 35.6 Å². The SMILES string of the molecule is COc1cccc(NC(=O)c2ccc(NC3=C(C)C(=O)CC3)c(OC)c2)c1. The fraction of sp³-hybridized carbons (Fsp3) is 0.238. The molecule has 0 aliphatic heterocycles. The van der Waals surface area contributed by atoms with E-state index in [9.17, 15) is 9.59 Å². The van der Waals surface area contributed by atoms with Crippen LogP contribution in [-0.2, 0) is 4.79 Å². The van der Waals surface area contributed by atoms with Crippen molar-refractivity contribution in [2.75, 3.05) is 24.9 Å². The fourth-order valence-corrected chi connectivity index (χ4v) is 2.94. The first-order valence-corrected chi connectivity index (χ1v) is 8.65. The number of allylic oxidation sites excluding steroid dienone is 2. The number of hydrogen-bond donors (Lipinski definition) is 2. The van der Waals surface area contributed by atoms with Crippen LogP contribution < -0.4 is 20.1 Å². The largest absolute Gasteiger partial charge is 0.497 e. The van der Waals surface area contributed by atoms with Crippen LogP contribution in [0.5, 0.6) is 11.5 Å². The molecule has 27 heavy (non-hydrogen) atoms. The molecular weight excluding hydrogens is 344 g/mol. The Morgan fingerprint density at radius 3 is 2.52 bits per heavy atom.